The van der Waals surface area contributed by atoms with Crippen LogP contribution in [0.5, 0.6) is 0 Å². The third-order valence-electron chi connectivity index (χ3n) is 13.3. The average Bonchev–Trinajstić information content (AvgIpc) is 3.96. The Morgan fingerprint density at radius 1 is 0.365 bits per heavy atom. The SMILES string of the molecule is CC1(C)c2cc3ccccc3cc2-c2c(-c3ccc(-c4cc(-c5cccc(-c6cccc7oc8cc9c(cc8c67)oc6ccccc69)c5)nc(-c5ccccc5)n4)cc3)cccc21. The van der Waals surface area contributed by atoms with E-state index in [1.165, 1.54) is 44.2 Å². The van der Waals surface area contributed by atoms with Gasteiger partial charge in [0.1, 0.15) is 22.3 Å². The number of fused-ring (bicyclic) bond motifs is 10. The van der Waals surface area contributed by atoms with Crippen molar-refractivity contribution in [3.8, 4) is 67.3 Å². The molecule has 296 valence electrons. The summed E-state index contributed by atoms with van der Waals surface area (Å²) in [6.45, 7) is 4.71. The molecular formula is C59H38N2O2. The van der Waals surface area contributed by atoms with Gasteiger partial charge in [0.05, 0.1) is 11.4 Å². The normalized spacial score (nSPS) is 13.0. The van der Waals surface area contributed by atoms with Crippen LogP contribution in [0.2, 0.25) is 0 Å². The fraction of sp³-hybridized carbons (Fsp3) is 0.0508. The standard InChI is InChI=1S/C59H38N2O2/c1-59(2)48-22-11-20-42(56(48)46-30-38-15-6-7-16-39(38)31-49(46)59)35-25-27-36(28-26-35)50-34-51(61-58(60-50)37-13-4-3-5-14-37)41-18-10-17-40(29-41)43-21-12-24-53-57(43)47-33-54-45(32-55(47)63-53)44-19-8-9-23-52(44)62-54/h3-34H,1-2H3. The lowest BCUT2D eigenvalue weighted by Crippen LogP contribution is -2.14. The zero-order chi connectivity index (χ0) is 41.8. The summed E-state index contributed by atoms with van der Waals surface area (Å²) in [6.07, 6.45) is 0. The molecule has 3 heterocycles. The van der Waals surface area contributed by atoms with Crippen LogP contribution in [0.1, 0.15) is 25.0 Å². The number of rotatable bonds is 5. The predicted octanol–water partition coefficient (Wildman–Crippen LogP) is 16.1. The van der Waals surface area contributed by atoms with Gasteiger partial charge in [-0.3, -0.25) is 0 Å². The van der Waals surface area contributed by atoms with E-state index in [4.69, 9.17) is 18.8 Å². The van der Waals surface area contributed by atoms with E-state index in [1.807, 2.05) is 42.5 Å². The fourth-order valence-corrected chi connectivity index (χ4v) is 10.1. The smallest absolute Gasteiger partial charge is 0.160 e. The predicted molar refractivity (Wildman–Crippen MR) is 259 cm³/mol. The molecule has 0 atom stereocenters. The number of nitrogens with zero attached hydrogens (tertiary/aromatic N) is 2. The zero-order valence-electron chi connectivity index (χ0n) is 34.7. The third kappa shape index (κ3) is 5.54. The summed E-state index contributed by atoms with van der Waals surface area (Å²) in [5.41, 5.74) is 18.0. The summed E-state index contributed by atoms with van der Waals surface area (Å²) in [5.74, 6) is 0.683. The summed E-state index contributed by atoms with van der Waals surface area (Å²) < 4.78 is 12.8. The number of aromatic nitrogens is 2. The van der Waals surface area contributed by atoms with Gasteiger partial charge in [-0.2, -0.15) is 0 Å². The Labute approximate surface area is 363 Å². The van der Waals surface area contributed by atoms with E-state index in [9.17, 15) is 0 Å². The van der Waals surface area contributed by atoms with Crippen molar-refractivity contribution in [2.75, 3.05) is 0 Å². The molecule has 1 aliphatic rings. The monoisotopic (exact) mass is 806 g/mol. The van der Waals surface area contributed by atoms with Crippen molar-refractivity contribution in [1.29, 1.82) is 0 Å². The first kappa shape index (κ1) is 35.7. The van der Waals surface area contributed by atoms with Gasteiger partial charge in [0.2, 0.25) is 0 Å². The Morgan fingerprint density at radius 2 is 0.984 bits per heavy atom. The minimum atomic E-state index is -0.103. The van der Waals surface area contributed by atoms with Gasteiger partial charge in [-0.05, 0) is 104 Å². The molecule has 0 N–H and O–H groups in total. The molecule has 12 aromatic rings. The van der Waals surface area contributed by atoms with Gasteiger partial charge in [0.25, 0.3) is 0 Å². The maximum absolute atomic E-state index is 6.52. The minimum absolute atomic E-state index is 0.103. The van der Waals surface area contributed by atoms with E-state index in [1.54, 1.807) is 0 Å². The second-order valence-corrected chi connectivity index (χ2v) is 17.3. The highest BCUT2D eigenvalue weighted by atomic mass is 16.3. The molecule has 3 aromatic heterocycles. The highest BCUT2D eigenvalue weighted by Gasteiger charge is 2.37. The maximum Gasteiger partial charge on any atom is 0.160 e. The number of hydrogen-bond acceptors (Lipinski definition) is 4. The van der Waals surface area contributed by atoms with Crippen molar-refractivity contribution >= 4 is 54.6 Å². The number of furan rings is 2. The number of para-hydroxylation sites is 1. The first-order chi connectivity index (χ1) is 30.9. The lowest BCUT2D eigenvalue weighted by atomic mass is 9.81. The fourth-order valence-electron chi connectivity index (χ4n) is 10.1. The largest absolute Gasteiger partial charge is 0.456 e. The minimum Gasteiger partial charge on any atom is -0.456 e. The zero-order valence-corrected chi connectivity index (χ0v) is 34.7. The molecule has 0 amide bonds. The maximum atomic E-state index is 6.52. The summed E-state index contributed by atoms with van der Waals surface area (Å²) in [5, 5.41) is 6.77. The molecule has 1 aliphatic carbocycles. The molecule has 13 rings (SSSR count). The van der Waals surface area contributed by atoms with Gasteiger partial charge in [0, 0.05) is 43.7 Å². The number of hydrogen-bond donors (Lipinski definition) is 0. The molecule has 4 heteroatoms. The number of benzene rings is 9. The molecule has 0 unspecified atom stereocenters. The quantitative estimate of drug-likeness (QED) is 0.174. The van der Waals surface area contributed by atoms with Crippen molar-refractivity contribution in [3.63, 3.8) is 0 Å². The molecule has 0 spiro atoms. The Balaban J connectivity index is 0.914. The molecule has 63 heavy (non-hydrogen) atoms. The van der Waals surface area contributed by atoms with Crippen LogP contribution < -0.4 is 0 Å². The Bertz CT molecular complexity index is 3820. The van der Waals surface area contributed by atoms with E-state index < -0.39 is 0 Å². The van der Waals surface area contributed by atoms with Crippen LogP contribution in [0.15, 0.2) is 203 Å². The Kier molecular flexibility index (Phi) is 7.62. The summed E-state index contributed by atoms with van der Waals surface area (Å²) in [4.78, 5) is 10.4. The van der Waals surface area contributed by atoms with E-state index in [2.05, 4.69) is 166 Å². The van der Waals surface area contributed by atoms with Crippen molar-refractivity contribution in [2.24, 2.45) is 0 Å². The van der Waals surface area contributed by atoms with Crippen LogP contribution in [-0.2, 0) is 5.41 Å². The molecule has 0 fully saturated rings. The Morgan fingerprint density at radius 3 is 1.84 bits per heavy atom. The first-order valence-electron chi connectivity index (χ1n) is 21.5. The van der Waals surface area contributed by atoms with Crippen molar-refractivity contribution in [2.45, 2.75) is 19.3 Å². The topological polar surface area (TPSA) is 52.1 Å². The lowest BCUT2D eigenvalue weighted by molar-refractivity contribution is 0.661. The van der Waals surface area contributed by atoms with Gasteiger partial charge in [-0.15, -0.1) is 0 Å². The Hall–Kier alpha value is -8.08. The van der Waals surface area contributed by atoms with E-state index in [0.29, 0.717) is 5.82 Å². The summed E-state index contributed by atoms with van der Waals surface area (Å²) in [7, 11) is 0. The van der Waals surface area contributed by atoms with Crippen molar-refractivity contribution < 1.29 is 8.83 Å². The molecule has 0 radical (unpaired) electrons. The summed E-state index contributed by atoms with van der Waals surface area (Å²) in [6, 6.07) is 68.9. The van der Waals surface area contributed by atoms with Crippen LogP contribution in [-0.4, -0.2) is 9.97 Å². The second-order valence-electron chi connectivity index (χ2n) is 17.3. The van der Waals surface area contributed by atoms with Gasteiger partial charge >= 0.3 is 0 Å². The van der Waals surface area contributed by atoms with Crippen molar-refractivity contribution in [1.82, 2.24) is 9.97 Å². The van der Waals surface area contributed by atoms with Crippen LogP contribution >= 0.6 is 0 Å². The highest BCUT2D eigenvalue weighted by Crippen LogP contribution is 2.53. The molecule has 0 saturated carbocycles. The average molecular weight is 807 g/mol. The second kappa shape index (κ2) is 13.5. The lowest BCUT2D eigenvalue weighted by Gasteiger charge is -2.22. The van der Waals surface area contributed by atoms with Crippen LogP contribution in [0.4, 0.5) is 0 Å². The first-order valence-corrected chi connectivity index (χ1v) is 21.5. The van der Waals surface area contributed by atoms with E-state index >= 15 is 0 Å². The molecule has 0 aliphatic heterocycles. The molecule has 9 aromatic carbocycles. The van der Waals surface area contributed by atoms with E-state index in [-0.39, 0.29) is 5.41 Å². The van der Waals surface area contributed by atoms with Crippen LogP contribution in [0, 0.1) is 0 Å². The van der Waals surface area contributed by atoms with E-state index in [0.717, 1.165) is 83.1 Å². The highest BCUT2D eigenvalue weighted by molar-refractivity contribution is 6.18. The van der Waals surface area contributed by atoms with Crippen molar-refractivity contribution in [3.05, 3.63) is 205 Å². The molecule has 0 bridgehead atoms. The van der Waals surface area contributed by atoms with Gasteiger partial charge in [-0.1, -0.05) is 159 Å². The van der Waals surface area contributed by atoms with Gasteiger partial charge in [0.15, 0.2) is 5.82 Å². The van der Waals surface area contributed by atoms with Crippen LogP contribution in [0.25, 0.3) is 122 Å². The van der Waals surface area contributed by atoms with Gasteiger partial charge in [-0.25, -0.2) is 9.97 Å². The van der Waals surface area contributed by atoms with Crippen LogP contribution in [0.3, 0.4) is 0 Å². The van der Waals surface area contributed by atoms with Gasteiger partial charge < -0.3 is 8.83 Å². The molecule has 4 nitrogen and oxygen atoms in total. The third-order valence-corrected chi connectivity index (χ3v) is 13.3. The summed E-state index contributed by atoms with van der Waals surface area (Å²) >= 11 is 0. The molecular weight excluding hydrogens is 769 g/mol. The molecule has 0 saturated heterocycles.